The first-order valence-electron chi connectivity index (χ1n) is 13.7. The fraction of sp³-hybridized carbons (Fsp3) is 0.419. The summed E-state index contributed by atoms with van der Waals surface area (Å²) in [4.78, 5) is 44.5. The number of halogens is 1. The highest BCUT2D eigenvalue weighted by atomic mass is 79.9. The molecule has 0 unspecified atom stereocenters. The largest absolute Gasteiger partial charge is 0.481 e. The van der Waals surface area contributed by atoms with E-state index >= 15 is 0 Å². The molecule has 3 N–H and O–H groups in total. The highest BCUT2D eigenvalue weighted by Gasteiger charge is 2.59. The smallest absolute Gasteiger partial charge is 0.309 e. The van der Waals surface area contributed by atoms with Crippen LogP contribution >= 0.6 is 15.9 Å². The van der Waals surface area contributed by atoms with Gasteiger partial charge in [-0.25, -0.2) is 4.98 Å². The normalized spacial score (nSPS) is 26.2. The summed E-state index contributed by atoms with van der Waals surface area (Å²) in [5, 5.41) is 17.4. The molecule has 2 bridgehead atoms. The zero-order chi connectivity index (χ0) is 27.4. The predicted octanol–water partition coefficient (Wildman–Crippen LogP) is 5.77. The van der Waals surface area contributed by atoms with Crippen LogP contribution in [0.5, 0.6) is 0 Å². The van der Waals surface area contributed by atoms with E-state index in [9.17, 15) is 19.5 Å². The molecule has 0 spiro atoms. The van der Waals surface area contributed by atoms with Gasteiger partial charge in [-0.15, -0.1) is 0 Å². The molecule has 4 aliphatic carbocycles. The van der Waals surface area contributed by atoms with Crippen LogP contribution in [0.4, 0.5) is 0 Å². The number of pyridine rings is 1. The van der Waals surface area contributed by atoms with E-state index in [1.54, 1.807) is 0 Å². The van der Waals surface area contributed by atoms with E-state index < -0.39 is 23.0 Å². The Hall–Kier alpha value is -3.26. The molecular formula is C31H32BrN3O4. The SMILES string of the molecule is Cc1c(-c2ccccc2)nc2ccc(Br)cc2c1C(=O)NC12CCC(C(=O)O)(CC1)C[C@H]2NC(=O)C1CCC1. The number of rotatable bonds is 6. The Morgan fingerprint density at radius 1 is 1.03 bits per heavy atom. The summed E-state index contributed by atoms with van der Waals surface area (Å²) in [5.41, 5.74) is 2.18. The monoisotopic (exact) mass is 589 g/mol. The first-order chi connectivity index (χ1) is 18.7. The van der Waals surface area contributed by atoms with Gasteiger partial charge in [0.15, 0.2) is 0 Å². The van der Waals surface area contributed by atoms with Crippen LogP contribution in [0.15, 0.2) is 53.0 Å². The van der Waals surface area contributed by atoms with Gasteiger partial charge in [-0.2, -0.15) is 0 Å². The Balaban J connectivity index is 1.40. The van der Waals surface area contributed by atoms with Gasteiger partial charge in [0.1, 0.15) is 0 Å². The number of carboxylic acids is 1. The number of benzene rings is 2. The minimum atomic E-state index is -0.853. The number of fused-ring (bicyclic) bond motifs is 4. The van der Waals surface area contributed by atoms with Gasteiger partial charge in [-0.3, -0.25) is 14.4 Å². The lowest BCUT2D eigenvalue weighted by Gasteiger charge is -2.56. The first kappa shape index (κ1) is 26.0. The summed E-state index contributed by atoms with van der Waals surface area (Å²) < 4.78 is 0.850. The second-order valence-electron chi connectivity index (χ2n) is 11.6. The van der Waals surface area contributed by atoms with Gasteiger partial charge in [0.05, 0.1) is 33.8 Å². The molecule has 2 aromatic carbocycles. The second kappa shape index (κ2) is 9.73. The number of amides is 2. The second-order valence-corrected chi connectivity index (χ2v) is 12.5. The summed E-state index contributed by atoms with van der Waals surface area (Å²) >= 11 is 3.55. The number of hydrogen-bond acceptors (Lipinski definition) is 4. The highest BCUT2D eigenvalue weighted by Crippen LogP contribution is 2.53. The third-order valence-electron chi connectivity index (χ3n) is 9.43. The Bertz CT molecular complexity index is 1480. The molecule has 8 heteroatoms. The van der Waals surface area contributed by atoms with E-state index in [1.807, 2.05) is 55.5 Å². The molecule has 4 aliphatic rings. The molecule has 7 rings (SSSR count). The maximum absolute atomic E-state index is 14.3. The Morgan fingerprint density at radius 2 is 1.74 bits per heavy atom. The van der Waals surface area contributed by atoms with Gasteiger partial charge in [-0.1, -0.05) is 52.7 Å². The van der Waals surface area contributed by atoms with Crippen LogP contribution in [0.3, 0.4) is 0 Å². The summed E-state index contributed by atoms with van der Waals surface area (Å²) in [6.07, 6.45) is 5.08. The number of nitrogens with zero attached hydrogens (tertiary/aromatic N) is 1. The molecule has 39 heavy (non-hydrogen) atoms. The maximum atomic E-state index is 14.3. The van der Waals surface area contributed by atoms with Crippen molar-refractivity contribution in [3.05, 3.63) is 64.1 Å². The molecule has 1 heterocycles. The minimum absolute atomic E-state index is 0.0175. The third kappa shape index (κ3) is 4.42. The van der Waals surface area contributed by atoms with Crippen LogP contribution in [0.2, 0.25) is 0 Å². The van der Waals surface area contributed by atoms with Crippen LogP contribution in [0.25, 0.3) is 22.2 Å². The lowest BCUT2D eigenvalue weighted by molar-refractivity contribution is -0.159. The average molecular weight is 591 g/mol. The number of aromatic nitrogens is 1. The summed E-state index contributed by atoms with van der Waals surface area (Å²) in [5.74, 6) is -1.06. The summed E-state index contributed by atoms with van der Waals surface area (Å²) in [7, 11) is 0. The molecule has 4 fully saturated rings. The highest BCUT2D eigenvalue weighted by molar-refractivity contribution is 9.10. The number of aliphatic carboxylic acids is 1. The molecule has 1 atom stereocenters. The number of carbonyl (C=O) groups is 3. The Labute approximate surface area is 235 Å². The zero-order valence-electron chi connectivity index (χ0n) is 21.9. The topological polar surface area (TPSA) is 108 Å². The minimum Gasteiger partial charge on any atom is -0.481 e. The molecule has 0 saturated heterocycles. The molecule has 2 amide bonds. The van der Waals surface area contributed by atoms with Gasteiger partial charge >= 0.3 is 5.97 Å². The van der Waals surface area contributed by atoms with Crippen molar-refractivity contribution in [2.75, 3.05) is 0 Å². The van der Waals surface area contributed by atoms with Crippen LogP contribution in [0.1, 0.15) is 67.3 Å². The quantitative estimate of drug-likeness (QED) is 0.338. The van der Waals surface area contributed by atoms with Crippen molar-refractivity contribution in [1.82, 2.24) is 15.6 Å². The van der Waals surface area contributed by atoms with Crippen molar-refractivity contribution in [2.24, 2.45) is 11.3 Å². The fourth-order valence-electron chi connectivity index (χ4n) is 6.76. The lowest BCUT2D eigenvalue weighted by atomic mass is 9.54. The van der Waals surface area contributed by atoms with Gasteiger partial charge in [0.2, 0.25) is 5.91 Å². The van der Waals surface area contributed by atoms with Crippen molar-refractivity contribution in [1.29, 1.82) is 0 Å². The molecule has 202 valence electrons. The van der Waals surface area contributed by atoms with Gasteiger partial charge in [0, 0.05) is 21.3 Å². The van der Waals surface area contributed by atoms with Crippen LogP contribution in [-0.4, -0.2) is 39.5 Å². The maximum Gasteiger partial charge on any atom is 0.309 e. The predicted molar refractivity (Wildman–Crippen MR) is 152 cm³/mol. The van der Waals surface area contributed by atoms with Gasteiger partial charge in [0.25, 0.3) is 5.91 Å². The van der Waals surface area contributed by atoms with Gasteiger partial charge in [-0.05, 0) is 75.6 Å². The van der Waals surface area contributed by atoms with Crippen molar-refractivity contribution >= 4 is 44.6 Å². The van der Waals surface area contributed by atoms with Crippen molar-refractivity contribution in [3.8, 4) is 11.3 Å². The van der Waals surface area contributed by atoms with E-state index in [0.29, 0.717) is 37.7 Å². The molecule has 7 nitrogen and oxygen atoms in total. The standard InChI is InChI=1S/C31H32BrN3O4/c1-18-25(22-16-21(32)10-11-23(22)33-26(18)19-6-3-2-4-7-19)28(37)35-31-14-12-30(13-15-31,29(38)39)17-24(31)34-27(36)20-8-5-9-20/h2-4,6-7,10-11,16,20,24H,5,8-9,12-15,17H2,1H3,(H,34,36)(H,35,37)(H,38,39)/t24-,30?,31?/m1/s1. The summed E-state index contributed by atoms with van der Waals surface area (Å²) in [6, 6.07) is 15.1. The Kier molecular flexibility index (Phi) is 6.49. The van der Waals surface area contributed by atoms with Crippen molar-refractivity contribution in [3.63, 3.8) is 0 Å². The van der Waals surface area contributed by atoms with E-state index in [0.717, 1.165) is 51.5 Å². The number of nitrogens with one attached hydrogen (secondary N) is 2. The number of carboxylic acid groups (broad SMARTS) is 1. The molecule has 0 radical (unpaired) electrons. The van der Waals surface area contributed by atoms with Crippen LogP contribution < -0.4 is 10.6 Å². The summed E-state index contributed by atoms with van der Waals surface area (Å²) in [6.45, 7) is 1.93. The van der Waals surface area contributed by atoms with E-state index in [1.165, 1.54) is 0 Å². The Morgan fingerprint density at radius 3 is 2.38 bits per heavy atom. The molecule has 1 aromatic heterocycles. The average Bonchev–Trinajstić information content (AvgIpc) is 2.88. The number of carbonyl (C=O) groups excluding carboxylic acids is 2. The molecule has 0 aliphatic heterocycles. The molecule has 4 saturated carbocycles. The molecule has 3 aromatic rings. The van der Waals surface area contributed by atoms with Crippen molar-refractivity contribution < 1.29 is 19.5 Å². The van der Waals surface area contributed by atoms with Crippen LogP contribution in [-0.2, 0) is 9.59 Å². The lowest BCUT2D eigenvalue weighted by Crippen LogP contribution is -2.70. The van der Waals surface area contributed by atoms with Gasteiger partial charge < -0.3 is 15.7 Å². The van der Waals surface area contributed by atoms with E-state index in [-0.39, 0.29) is 17.7 Å². The zero-order valence-corrected chi connectivity index (χ0v) is 23.5. The number of hydrogen-bond donors (Lipinski definition) is 3. The first-order valence-corrected chi connectivity index (χ1v) is 14.5. The van der Waals surface area contributed by atoms with Crippen LogP contribution in [0, 0.1) is 18.3 Å². The van der Waals surface area contributed by atoms with E-state index in [2.05, 4.69) is 26.6 Å². The fourth-order valence-corrected chi connectivity index (χ4v) is 7.13. The van der Waals surface area contributed by atoms with E-state index in [4.69, 9.17) is 4.98 Å². The third-order valence-corrected chi connectivity index (χ3v) is 9.93. The van der Waals surface area contributed by atoms with Crippen molar-refractivity contribution in [2.45, 2.75) is 69.9 Å². The molecular weight excluding hydrogens is 558 g/mol.